The summed E-state index contributed by atoms with van der Waals surface area (Å²) < 4.78 is 10.5. The largest absolute Gasteiger partial charge is 0.488 e. The average Bonchev–Trinajstić information content (AvgIpc) is 2.75. The summed E-state index contributed by atoms with van der Waals surface area (Å²) in [6.07, 6.45) is 0. The highest BCUT2D eigenvalue weighted by Crippen LogP contribution is 2.15. The molecule has 7 heteroatoms. The molecule has 0 radical (unpaired) electrons. The Morgan fingerprint density at radius 3 is 2.31 bits per heavy atom. The summed E-state index contributed by atoms with van der Waals surface area (Å²) in [7, 11) is 1.33. The minimum absolute atomic E-state index is 0.0905. The van der Waals surface area contributed by atoms with E-state index in [4.69, 9.17) is 9.47 Å². The molecule has 154 valence electrons. The summed E-state index contributed by atoms with van der Waals surface area (Å²) >= 11 is 0. The van der Waals surface area contributed by atoms with Crippen molar-refractivity contribution in [2.75, 3.05) is 58.3 Å². The van der Waals surface area contributed by atoms with Crippen LogP contribution in [-0.2, 0) is 9.53 Å². The quantitative estimate of drug-likeness (QED) is 0.512. The van der Waals surface area contributed by atoms with Crippen LogP contribution in [0.15, 0.2) is 54.6 Å². The van der Waals surface area contributed by atoms with Gasteiger partial charge in [-0.1, -0.05) is 30.3 Å². The van der Waals surface area contributed by atoms with E-state index in [0.29, 0.717) is 24.4 Å². The van der Waals surface area contributed by atoms with Crippen molar-refractivity contribution >= 4 is 17.6 Å². The molecule has 1 amide bonds. The smallest absolute Gasteiger partial charge is 0.339 e. The highest BCUT2D eigenvalue weighted by atomic mass is 16.5. The Hall–Kier alpha value is -2.90. The summed E-state index contributed by atoms with van der Waals surface area (Å²) in [4.78, 5) is 27.0. The number of methoxy groups -OCH3 is 1. The van der Waals surface area contributed by atoms with Crippen LogP contribution in [0.3, 0.4) is 0 Å². The van der Waals surface area contributed by atoms with E-state index in [2.05, 4.69) is 5.32 Å². The van der Waals surface area contributed by atoms with Gasteiger partial charge in [-0.3, -0.25) is 4.79 Å². The lowest BCUT2D eigenvalue weighted by atomic mass is 10.2. The molecule has 1 fully saturated rings. The second kappa shape index (κ2) is 10.6. The number of hydrogen-bond acceptors (Lipinski definition) is 4. The lowest BCUT2D eigenvalue weighted by Gasteiger charge is -2.29. The number of esters is 1. The highest BCUT2D eigenvalue weighted by Gasteiger charge is 2.25. The molecule has 0 spiro atoms. The Balaban J connectivity index is 1.39. The third-order valence-corrected chi connectivity index (χ3v) is 5.15. The Labute approximate surface area is 171 Å². The zero-order valence-corrected chi connectivity index (χ0v) is 16.8. The number of ether oxygens (including phenoxy) is 2. The van der Waals surface area contributed by atoms with Crippen molar-refractivity contribution in [3.8, 4) is 5.75 Å². The summed E-state index contributed by atoms with van der Waals surface area (Å²) in [5, 5.41) is 2.85. The number of benzene rings is 2. The molecule has 0 unspecified atom stereocenters. The second-order valence-corrected chi connectivity index (χ2v) is 7.17. The van der Waals surface area contributed by atoms with E-state index in [1.165, 1.54) is 16.9 Å². The third kappa shape index (κ3) is 6.30. The lowest BCUT2D eigenvalue weighted by molar-refractivity contribution is -1.01. The maximum Gasteiger partial charge on any atom is 0.339 e. The van der Waals surface area contributed by atoms with Crippen molar-refractivity contribution in [1.29, 1.82) is 0 Å². The van der Waals surface area contributed by atoms with Gasteiger partial charge in [-0.25, -0.2) is 4.79 Å². The molecule has 0 aromatic heterocycles. The molecule has 1 aliphatic rings. The van der Waals surface area contributed by atoms with Crippen molar-refractivity contribution in [1.82, 2.24) is 0 Å². The van der Waals surface area contributed by atoms with Crippen molar-refractivity contribution in [3.63, 3.8) is 0 Å². The molecule has 3 N–H and O–H groups in total. The molecule has 0 atom stereocenters. The van der Waals surface area contributed by atoms with Gasteiger partial charge in [-0.05, 0) is 24.3 Å². The van der Waals surface area contributed by atoms with Crippen molar-refractivity contribution < 1.29 is 28.9 Å². The van der Waals surface area contributed by atoms with Crippen LogP contribution in [0.2, 0.25) is 0 Å². The Morgan fingerprint density at radius 2 is 1.59 bits per heavy atom. The van der Waals surface area contributed by atoms with Gasteiger partial charge in [0.05, 0.1) is 18.4 Å². The number of quaternary nitrogens is 2. The molecule has 7 nitrogen and oxygen atoms in total. The fraction of sp³-hybridized carbons (Fsp3) is 0.364. The average molecular weight is 399 g/mol. The van der Waals surface area contributed by atoms with Gasteiger partial charge in [0.15, 0.2) is 6.54 Å². The van der Waals surface area contributed by atoms with Crippen LogP contribution >= 0.6 is 0 Å². The summed E-state index contributed by atoms with van der Waals surface area (Å²) in [6, 6.07) is 16.7. The van der Waals surface area contributed by atoms with Gasteiger partial charge in [0.2, 0.25) is 0 Å². The molecule has 2 aromatic carbocycles. The fourth-order valence-electron chi connectivity index (χ4n) is 3.52. The minimum Gasteiger partial charge on any atom is -0.488 e. The minimum atomic E-state index is -0.455. The van der Waals surface area contributed by atoms with Gasteiger partial charge >= 0.3 is 5.97 Å². The number of piperazine rings is 1. The molecule has 0 aliphatic carbocycles. The predicted molar refractivity (Wildman–Crippen MR) is 109 cm³/mol. The van der Waals surface area contributed by atoms with Crippen LogP contribution in [0.4, 0.5) is 5.69 Å². The molecule has 3 rings (SSSR count). The van der Waals surface area contributed by atoms with Crippen molar-refractivity contribution in [2.45, 2.75) is 0 Å². The molecule has 1 saturated heterocycles. The van der Waals surface area contributed by atoms with E-state index in [1.54, 1.807) is 24.3 Å². The molecule has 29 heavy (non-hydrogen) atoms. The van der Waals surface area contributed by atoms with Crippen LogP contribution < -0.4 is 19.9 Å². The van der Waals surface area contributed by atoms with Crippen LogP contribution in [0.25, 0.3) is 0 Å². The number of rotatable bonds is 8. The van der Waals surface area contributed by atoms with Crippen molar-refractivity contribution in [3.05, 3.63) is 60.2 Å². The summed E-state index contributed by atoms with van der Waals surface area (Å²) in [5.41, 5.74) is 0.858. The monoisotopic (exact) mass is 399 g/mol. The fourth-order valence-corrected chi connectivity index (χ4v) is 3.52. The van der Waals surface area contributed by atoms with Gasteiger partial charge in [0.1, 0.15) is 45.1 Å². The van der Waals surface area contributed by atoms with Crippen LogP contribution in [0.1, 0.15) is 10.4 Å². The Kier molecular flexibility index (Phi) is 7.61. The molecule has 1 aliphatic heterocycles. The van der Waals surface area contributed by atoms with Crippen LogP contribution in [-0.4, -0.2) is 64.9 Å². The number of carbonyl (C=O) groups is 2. The molecule has 0 bridgehead atoms. The van der Waals surface area contributed by atoms with Gasteiger partial charge in [0.25, 0.3) is 5.91 Å². The number of para-hydroxylation sites is 2. The number of hydrogen-bond donors (Lipinski definition) is 3. The summed E-state index contributed by atoms with van der Waals surface area (Å²) in [5.74, 6) is 0.357. The zero-order valence-electron chi connectivity index (χ0n) is 16.8. The number of carbonyl (C=O) groups excluding carboxylic acids is 2. The molecular formula is C22H29N3O4+2. The van der Waals surface area contributed by atoms with Crippen molar-refractivity contribution in [2.24, 2.45) is 0 Å². The third-order valence-electron chi connectivity index (χ3n) is 5.15. The van der Waals surface area contributed by atoms with Gasteiger partial charge in [-0.15, -0.1) is 0 Å². The topological polar surface area (TPSA) is 73.5 Å². The first-order valence-corrected chi connectivity index (χ1v) is 9.98. The lowest BCUT2D eigenvalue weighted by Crippen LogP contribution is -3.28. The van der Waals surface area contributed by atoms with E-state index in [1.807, 2.05) is 30.3 Å². The highest BCUT2D eigenvalue weighted by molar-refractivity contribution is 6.01. The van der Waals surface area contributed by atoms with Gasteiger partial charge in [-0.2, -0.15) is 0 Å². The second-order valence-electron chi connectivity index (χ2n) is 7.17. The first-order valence-electron chi connectivity index (χ1n) is 9.98. The van der Waals surface area contributed by atoms with Crippen LogP contribution in [0.5, 0.6) is 5.75 Å². The maximum absolute atomic E-state index is 12.4. The standard InChI is InChI=1S/C22H27N3O4/c1-28-22(27)19-9-5-6-10-20(19)23-21(26)17-25-13-11-24(12-14-25)15-16-29-18-7-3-2-4-8-18/h2-10H,11-17H2,1H3,(H,23,26)/p+2. The number of nitrogens with one attached hydrogen (secondary N) is 3. The first-order chi connectivity index (χ1) is 14.2. The van der Waals surface area contributed by atoms with Gasteiger partial charge in [0, 0.05) is 0 Å². The molecule has 2 aromatic rings. The van der Waals surface area contributed by atoms with E-state index in [9.17, 15) is 9.59 Å². The van der Waals surface area contributed by atoms with Gasteiger partial charge < -0.3 is 24.6 Å². The zero-order chi connectivity index (χ0) is 20.5. The normalized spacial score (nSPS) is 18.7. The Bertz CT molecular complexity index is 805. The first kappa shape index (κ1) is 20.8. The summed E-state index contributed by atoms with van der Waals surface area (Å²) in [6.45, 7) is 5.95. The Morgan fingerprint density at radius 1 is 0.931 bits per heavy atom. The molecule has 0 saturated carbocycles. The number of anilines is 1. The molecule has 1 heterocycles. The van der Waals surface area contributed by atoms with Crippen LogP contribution in [0, 0.1) is 0 Å². The number of amides is 1. The van der Waals surface area contributed by atoms with E-state index in [-0.39, 0.29) is 5.91 Å². The van der Waals surface area contributed by atoms with E-state index >= 15 is 0 Å². The maximum atomic E-state index is 12.4. The SMILES string of the molecule is COC(=O)c1ccccc1NC(=O)C[NH+]1CC[NH+](CCOc2ccccc2)CC1. The predicted octanol–water partition coefficient (Wildman–Crippen LogP) is -0.726. The van der Waals surface area contributed by atoms with E-state index < -0.39 is 5.97 Å². The van der Waals surface area contributed by atoms with E-state index in [0.717, 1.165) is 38.5 Å². The molecular weight excluding hydrogens is 370 g/mol.